The Labute approximate surface area is 202 Å². The highest BCUT2D eigenvalue weighted by molar-refractivity contribution is 14.0. The predicted octanol–water partition coefficient (Wildman–Crippen LogP) is 3.39. The molecule has 8 nitrogen and oxygen atoms in total. The minimum Gasteiger partial charge on any atom is -0.468 e. The number of piperidine rings is 1. The van der Waals surface area contributed by atoms with Crippen LogP contribution in [0.2, 0.25) is 0 Å². The number of rotatable bonds is 10. The number of halogens is 1. The largest absolute Gasteiger partial charge is 0.468 e. The minimum atomic E-state index is 0. The predicted molar refractivity (Wildman–Crippen MR) is 135 cm³/mol. The maximum absolute atomic E-state index is 5.75. The van der Waals surface area contributed by atoms with E-state index in [4.69, 9.17) is 9.41 Å². The third kappa shape index (κ3) is 7.95. The van der Waals surface area contributed by atoms with Gasteiger partial charge in [-0.3, -0.25) is 9.89 Å². The number of nitrogens with one attached hydrogen (secondary N) is 2. The standard InChI is InChI=1S/C22H35N7O.HI/c1-4-21-27-26-17-29(21)13-10-23-22(24-15-18(2)3)25-16-19(20-9-8-14-30-20)28-11-6-5-7-12-28;/h8-9,14,17,19H,2,4-7,10-13,15-16H2,1,3H3,(H2,23,24,25);1H. The van der Waals surface area contributed by atoms with Crippen LogP contribution in [0.25, 0.3) is 0 Å². The lowest BCUT2D eigenvalue weighted by molar-refractivity contribution is 0.150. The van der Waals surface area contributed by atoms with Crippen LogP contribution < -0.4 is 10.6 Å². The summed E-state index contributed by atoms with van der Waals surface area (Å²) in [4.78, 5) is 7.39. The van der Waals surface area contributed by atoms with Gasteiger partial charge in [0, 0.05) is 26.1 Å². The van der Waals surface area contributed by atoms with E-state index in [1.165, 1.54) is 19.3 Å². The zero-order chi connectivity index (χ0) is 21.2. The number of likely N-dealkylation sites (tertiary alicyclic amines) is 1. The van der Waals surface area contributed by atoms with E-state index >= 15 is 0 Å². The van der Waals surface area contributed by atoms with E-state index in [2.05, 4.69) is 49.9 Å². The van der Waals surface area contributed by atoms with E-state index in [9.17, 15) is 0 Å². The maximum atomic E-state index is 5.75. The van der Waals surface area contributed by atoms with Crippen LogP contribution in [0, 0.1) is 0 Å². The van der Waals surface area contributed by atoms with Gasteiger partial charge in [-0.15, -0.1) is 34.2 Å². The van der Waals surface area contributed by atoms with Crippen LogP contribution in [0.4, 0.5) is 0 Å². The quantitative estimate of drug-likeness (QED) is 0.208. The molecule has 1 fully saturated rings. The van der Waals surface area contributed by atoms with Crippen molar-refractivity contribution in [3.8, 4) is 0 Å². The molecule has 1 aliphatic heterocycles. The molecule has 0 radical (unpaired) electrons. The van der Waals surface area contributed by atoms with Gasteiger partial charge in [-0.25, -0.2) is 0 Å². The molecule has 1 unspecified atom stereocenters. The summed E-state index contributed by atoms with van der Waals surface area (Å²) in [5.74, 6) is 2.77. The van der Waals surface area contributed by atoms with Crippen LogP contribution in [-0.2, 0) is 13.0 Å². The number of hydrogen-bond acceptors (Lipinski definition) is 5. The number of guanidine groups is 1. The molecule has 2 N–H and O–H groups in total. The smallest absolute Gasteiger partial charge is 0.191 e. The van der Waals surface area contributed by atoms with Crippen molar-refractivity contribution in [2.24, 2.45) is 4.99 Å². The van der Waals surface area contributed by atoms with Crippen molar-refractivity contribution in [1.29, 1.82) is 0 Å². The van der Waals surface area contributed by atoms with Crippen LogP contribution in [-0.4, -0.2) is 58.3 Å². The Morgan fingerprint density at radius 2 is 2.10 bits per heavy atom. The van der Waals surface area contributed by atoms with E-state index in [0.717, 1.165) is 55.7 Å². The van der Waals surface area contributed by atoms with Crippen LogP contribution in [0.1, 0.15) is 50.7 Å². The molecule has 1 aliphatic rings. The maximum Gasteiger partial charge on any atom is 0.191 e. The van der Waals surface area contributed by atoms with E-state index < -0.39 is 0 Å². The molecule has 0 saturated carbocycles. The van der Waals surface area contributed by atoms with Crippen LogP contribution >= 0.6 is 24.0 Å². The number of aliphatic imine (C=N–C) groups is 1. The highest BCUT2D eigenvalue weighted by Gasteiger charge is 2.24. The zero-order valence-corrected chi connectivity index (χ0v) is 21.0. The Kier molecular flexibility index (Phi) is 11.1. The normalized spacial score (nSPS) is 15.9. The van der Waals surface area contributed by atoms with E-state index in [-0.39, 0.29) is 30.0 Å². The van der Waals surface area contributed by atoms with Crippen molar-refractivity contribution in [3.05, 3.63) is 48.5 Å². The second-order valence-corrected chi connectivity index (χ2v) is 7.85. The molecule has 0 spiro atoms. The first-order chi connectivity index (χ1) is 14.7. The van der Waals surface area contributed by atoms with Crippen molar-refractivity contribution < 1.29 is 4.42 Å². The van der Waals surface area contributed by atoms with Gasteiger partial charge in [0.2, 0.25) is 0 Å². The first kappa shape index (κ1) is 25.4. The van der Waals surface area contributed by atoms with Crippen LogP contribution in [0.15, 0.2) is 46.3 Å². The third-order valence-electron chi connectivity index (χ3n) is 5.34. The summed E-state index contributed by atoms with van der Waals surface area (Å²) < 4.78 is 7.82. The topological polar surface area (TPSA) is 83.5 Å². The lowest BCUT2D eigenvalue weighted by Crippen LogP contribution is -2.41. The second kappa shape index (κ2) is 13.5. The molecule has 0 bridgehead atoms. The number of furan rings is 1. The molecule has 3 heterocycles. The highest BCUT2D eigenvalue weighted by Crippen LogP contribution is 2.25. The molecule has 2 aromatic rings. The first-order valence-electron chi connectivity index (χ1n) is 11.0. The van der Waals surface area contributed by atoms with Gasteiger partial charge < -0.3 is 19.6 Å². The second-order valence-electron chi connectivity index (χ2n) is 7.85. The van der Waals surface area contributed by atoms with Crippen molar-refractivity contribution in [1.82, 2.24) is 30.3 Å². The minimum absolute atomic E-state index is 0. The third-order valence-corrected chi connectivity index (χ3v) is 5.34. The molecule has 9 heteroatoms. The lowest BCUT2D eigenvalue weighted by atomic mass is 10.1. The molecule has 31 heavy (non-hydrogen) atoms. The Morgan fingerprint density at radius 1 is 1.29 bits per heavy atom. The fraction of sp³-hybridized carbons (Fsp3) is 0.591. The molecule has 172 valence electrons. The fourth-order valence-corrected chi connectivity index (χ4v) is 3.72. The van der Waals surface area contributed by atoms with Gasteiger partial charge >= 0.3 is 0 Å². The van der Waals surface area contributed by atoms with E-state index in [1.807, 2.05) is 13.0 Å². The zero-order valence-electron chi connectivity index (χ0n) is 18.7. The molecule has 3 rings (SSSR count). The summed E-state index contributed by atoms with van der Waals surface area (Å²) in [5.41, 5.74) is 1.06. The molecule has 1 atom stereocenters. The van der Waals surface area contributed by atoms with Gasteiger partial charge in [-0.1, -0.05) is 25.5 Å². The van der Waals surface area contributed by atoms with Gasteiger partial charge in [0.05, 0.1) is 18.8 Å². The summed E-state index contributed by atoms with van der Waals surface area (Å²) in [6, 6.07) is 4.17. The van der Waals surface area contributed by atoms with Crippen molar-refractivity contribution in [3.63, 3.8) is 0 Å². The lowest BCUT2D eigenvalue weighted by Gasteiger charge is -2.32. The summed E-state index contributed by atoms with van der Waals surface area (Å²) in [7, 11) is 0. The van der Waals surface area contributed by atoms with Crippen molar-refractivity contribution in [2.45, 2.75) is 52.1 Å². The van der Waals surface area contributed by atoms with Gasteiger partial charge in [-0.05, 0) is 45.0 Å². The number of aromatic nitrogens is 3. The molecule has 0 amide bonds. The molecular weight excluding hydrogens is 505 g/mol. The summed E-state index contributed by atoms with van der Waals surface area (Å²) in [6.45, 7) is 13.1. The van der Waals surface area contributed by atoms with E-state index in [1.54, 1.807) is 12.6 Å². The Hall–Kier alpha value is -1.88. The van der Waals surface area contributed by atoms with Gasteiger partial charge in [0.15, 0.2) is 5.96 Å². The van der Waals surface area contributed by atoms with Crippen LogP contribution in [0.5, 0.6) is 0 Å². The number of nitrogens with zero attached hydrogens (tertiary/aromatic N) is 5. The SMILES string of the molecule is C=C(C)CNC(=NCC(c1ccco1)N1CCCCC1)NCCn1cnnc1CC.I. The first-order valence-corrected chi connectivity index (χ1v) is 11.0. The van der Waals surface area contributed by atoms with Gasteiger partial charge in [-0.2, -0.15) is 0 Å². The van der Waals surface area contributed by atoms with Crippen molar-refractivity contribution in [2.75, 3.05) is 32.7 Å². The monoisotopic (exact) mass is 541 g/mol. The number of aryl methyl sites for hydroxylation is 1. The molecular formula is C22H36IN7O. The summed E-state index contributed by atoms with van der Waals surface area (Å²) >= 11 is 0. The molecule has 0 aromatic carbocycles. The van der Waals surface area contributed by atoms with Gasteiger partial charge in [0.25, 0.3) is 0 Å². The summed E-state index contributed by atoms with van der Waals surface area (Å²) in [5, 5.41) is 15.0. The Bertz CT molecular complexity index is 797. The molecule has 2 aromatic heterocycles. The average molecular weight is 541 g/mol. The fourth-order valence-electron chi connectivity index (χ4n) is 3.72. The highest BCUT2D eigenvalue weighted by atomic mass is 127. The molecule has 1 saturated heterocycles. The van der Waals surface area contributed by atoms with Gasteiger partial charge in [0.1, 0.15) is 17.9 Å². The number of hydrogen-bond donors (Lipinski definition) is 2. The van der Waals surface area contributed by atoms with E-state index in [0.29, 0.717) is 13.1 Å². The molecule has 0 aliphatic carbocycles. The average Bonchev–Trinajstić information content (AvgIpc) is 3.44. The van der Waals surface area contributed by atoms with Crippen molar-refractivity contribution >= 4 is 29.9 Å². The Balaban J connectivity index is 0.00000341. The van der Waals surface area contributed by atoms with Crippen LogP contribution in [0.3, 0.4) is 0 Å². The summed E-state index contributed by atoms with van der Waals surface area (Å²) in [6.07, 6.45) is 8.17. The Morgan fingerprint density at radius 3 is 2.77 bits per heavy atom.